The van der Waals surface area contributed by atoms with E-state index in [1.54, 1.807) is 19.1 Å². The molecule has 0 fully saturated rings. The van der Waals surface area contributed by atoms with Crippen molar-refractivity contribution in [2.45, 2.75) is 17.1 Å². The largest absolute Gasteiger partial charge is 0.301 e. The minimum absolute atomic E-state index is 0.0333. The highest BCUT2D eigenvalue weighted by Crippen LogP contribution is 2.28. The fourth-order valence-electron chi connectivity index (χ4n) is 2.04. The third kappa shape index (κ3) is 3.72. The number of amides is 1. The first-order chi connectivity index (χ1) is 11.5. The predicted octanol–water partition coefficient (Wildman–Crippen LogP) is 4.32. The summed E-state index contributed by atoms with van der Waals surface area (Å²) >= 11 is 2.77. The quantitative estimate of drug-likeness (QED) is 0.416. The van der Waals surface area contributed by atoms with Crippen molar-refractivity contribution in [1.29, 1.82) is 0 Å². The molecule has 1 amide bonds. The fourth-order valence-corrected chi connectivity index (χ4v) is 3.77. The van der Waals surface area contributed by atoms with E-state index >= 15 is 0 Å². The Morgan fingerprint density at radius 1 is 1.25 bits per heavy atom. The minimum Gasteiger partial charge on any atom is -0.301 e. The van der Waals surface area contributed by atoms with Crippen molar-refractivity contribution in [2.75, 3.05) is 5.32 Å². The topological polar surface area (TPSA) is 85.1 Å². The lowest BCUT2D eigenvalue weighted by atomic mass is 10.3. The third-order valence-electron chi connectivity index (χ3n) is 3.25. The van der Waals surface area contributed by atoms with Crippen molar-refractivity contribution in [3.8, 4) is 0 Å². The van der Waals surface area contributed by atoms with Gasteiger partial charge in [-0.25, -0.2) is 4.98 Å². The summed E-state index contributed by atoms with van der Waals surface area (Å²) in [5.74, 6) is -0.155. The number of non-ortho nitro benzene ring substituents is 1. The second-order valence-electron chi connectivity index (χ2n) is 4.99. The van der Waals surface area contributed by atoms with Crippen molar-refractivity contribution in [3.63, 3.8) is 0 Å². The molecule has 3 aromatic rings. The van der Waals surface area contributed by atoms with Crippen LogP contribution in [0.4, 0.5) is 10.8 Å². The third-order valence-corrected chi connectivity index (χ3v) is 5.32. The van der Waals surface area contributed by atoms with Crippen LogP contribution in [0, 0.1) is 10.1 Å². The Balaban J connectivity index is 1.64. The van der Waals surface area contributed by atoms with E-state index < -0.39 is 4.92 Å². The van der Waals surface area contributed by atoms with E-state index in [2.05, 4.69) is 10.3 Å². The molecule has 0 saturated carbocycles. The molecule has 0 aliphatic carbocycles. The fraction of sp³-hybridized carbons (Fsp3) is 0.125. The summed E-state index contributed by atoms with van der Waals surface area (Å²) in [5, 5.41) is 13.7. The molecule has 0 unspecified atom stereocenters. The molecule has 122 valence electrons. The van der Waals surface area contributed by atoms with Gasteiger partial charge in [0.25, 0.3) is 5.69 Å². The number of nitrogens with zero attached hydrogens (tertiary/aromatic N) is 2. The summed E-state index contributed by atoms with van der Waals surface area (Å²) in [6.07, 6.45) is 0. The Morgan fingerprint density at radius 2 is 1.96 bits per heavy atom. The lowest BCUT2D eigenvalue weighted by molar-refractivity contribution is -0.384. The number of carbonyl (C=O) groups excluding carboxylic acids is 1. The Bertz CT molecular complexity index is 860. The average molecular weight is 359 g/mol. The van der Waals surface area contributed by atoms with E-state index in [4.69, 9.17) is 0 Å². The first-order valence-electron chi connectivity index (χ1n) is 7.10. The van der Waals surface area contributed by atoms with Gasteiger partial charge in [0.2, 0.25) is 5.91 Å². The van der Waals surface area contributed by atoms with Crippen molar-refractivity contribution < 1.29 is 9.72 Å². The monoisotopic (exact) mass is 359 g/mol. The zero-order valence-corrected chi connectivity index (χ0v) is 14.3. The van der Waals surface area contributed by atoms with Gasteiger partial charge in [0.15, 0.2) is 5.13 Å². The summed E-state index contributed by atoms with van der Waals surface area (Å²) in [6, 6.07) is 13.8. The Kier molecular flexibility index (Phi) is 4.77. The van der Waals surface area contributed by atoms with E-state index in [1.807, 2.05) is 24.3 Å². The number of fused-ring (bicyclic) bond motifs is 1. The van der Waals surface area contributed by atoms with Gasteiger partial charge < -0.3 is 5.32 Å². The van der Waals surface area contributed by atoms with Crippen LogP contribution < -0.4 is 5.32 Å². The van der Waals surface area contributed by atoms with E-state index in [0.29, 0.717) is 5.13 Å². The first-order valence-corrected chi connectivity index (χ1v) is 8.80. The Morgan fingerprint density at radius 3 is 2.62 bits per heavy atom. The number of anilines is 1. The highest BCUT2D eigenvalue weighted by Gasteiger charge is 2.17. The van der Waals surface area contributed by atoms with Gasteiger partial charge in [0.05, 0.1) is 20.4 Å². The van der Waals surface area contributed by atoms with Crippen LogP contribution in [0.2, 0.25) is 0 Å². The van der Waals surface area contributed by atoms with E-state index in [1.165, 1.54) is 35.2 Å². The van der Waals surface area contributed by atoms with E-state index in [-0.39, 0.29) is 16.8 Å². The van der Waals surface area contributed by atoms with Crippen LogP contribution in [0.25, 0.3) is 10.2 Å². The van der Waals surface area contributed by atoms with Crippen molar-refractivity contribution in [2.24, 2.45) is 0 Å². The number of aromatic nitrogens is 1. The van der Waals surface area contributed by atoms with Gasteiger partial charge in [-0.3, -0.25) is 14.9 Å². The molecule has 1 atom stereocenters. The van der Waals surface area contributed by atoms with Gasteiger partial charge >= 0.3 is 0 Å². The number of nitro benzene ring substituents is 1. The minimum atomic E-state index is -0.447. The lowest BCUT2D eigenvalue weighted by Gasteiger charge is -2.10. The number of thioether (sulfide) groups is 1. The molecule has 0 saturated heterocycles. The van der Waals surface area contributed by atoms with Crippen LogP contribution in [-0.4, -0.2) is 21.1 Å². The van der Waals surface area contributed by atoms with Crippen LogP contribution in [0.15, 0.2) is 53.4 Å². The molecule has 1 N–H and O–H groups in total. The predicted molar refractivity (Wildman–Crippen MR) is 96.7 cm³/mol. The lowest BCUT2D eigenvalue weighted by Crippen LogP contribution is -2.22. The van der Waals surface area contributed by atoms with Crippen molar-refractivity contribution in [3.05, 3.63) is 58.6 Å². The van der Waals surface area contributed by atoms with Crippen molar-refractivity contribution >= 4 is 50.0 Å². The zero-order valence-electron chi connectivity index (χ0n) is 12.6. The molecule has 0 bridgehead atoms. The van der Waals surface area contributed by atoms with Crippen LogP contribution in [0.5, 0.6) is 0 Å². The molecule has 24 heavy (non-hydrogen) atoms. The van der Waals surface area contributed by atoms with Crippen molar-refractivity contribution in [1.82, 2.24) is 4.98 Å². The first kappa shape index (κ1) is 16.4. The molecule has 0 radical (unpaired) electrons. The number of hydrogen-bond donors (Lipinski definition) is 1. The van der Waals surface area contributed by atoms with Gasteiger partial charge in [-0.1, -0.05) is 23.5 Å². The summed E-state index contributed by atoms with van der Waals surface area (Å²) < 4.78 is 1.02. The molecule has 8 heteroatoms. The van der Waals surface area contributed by atoms with Gasteiger partial charge in [0, 0.05) is 17.0 Å². The number of hydrogen-bond acceptors (Lipinski definition) is 6. The Labute approximate surface area is 146 Å². The van der Waals surface area contributed by atoms with Gasteiger partial charge in [-0.15, -0.1) is 11.8 Å². The van der Waals surface area contributed by atoms with E-state index in [9.17, 15) is 14.9 Å². The maximum atomic E-state index is 12.3. The smallest absolute Gasteiger partial charge is 0.269 e. The van der Waals surface area contributed by atoms with E-state index in [0.717, 1.165) is 15.1 Å². The second-order valence-corrected chi connectivity index (χ2v) is 7.43. The number of carbonyl (C=O) groups is 1. The number of para-hydroxylation sites is 1. The maximum absolute atomic E-state index is 12.3. The van der Waals surface area contributed by atoms with Gasteiger partial charge in [0.1, 0.15) is 0 Å². The molecule has 1 heterocycles. The molecule has 1 aromatic heterocycles. The summed E-state index contributed by atoms with van der Waals surface area (Å²) in [7, 11) is 0. The van der Waals surface area contributed by atoms with Crippen LogP contribution in [0.3, 0.4) is 0 Å². The standard InChI is InChI=1S/C16H13N3O3S2/c1-10(23-12-8-6-11(7-9-12)19(21)22)15(20)18-16-17-13-4-2-3-5-14(13)24-16/h2-10H,1H3,(H,17,18,20)/t10-/m1/s1. The number of nitro groups is 1. The average Bonchev–Trinajstić information content (AvgIpc) is 2.97. The summed E-state index contributed by atoms with van der Waals surface area (Å²) in [6.45, 7) is 1.79. The van der Waals surface area contributed by atoms with Crippen LogP contribution in [0.1, 0.15) is 6.92 Å². The molecule has 3 rings (SSSR count). The number of thiazole rings is 1. The maximum Gasteiger partial charge on any atom is 0.269 e. The van der Waals surface area contributed by atoms with Crippen LogP contribution in [-0.2, 0) is 4.79 Å². The van der Waals surface area contributed by atoms with Crippen LogP contribution >= 0.6 is 23.1 Å². The number of rotatable bonds is 5. The zero-order chi connectivity index (χ0) is 17.1. The molecular formula is C16H13N3O3S2. The summed E-state index contributed by atoms with van der Waals surface area (Å²) in [4.78, 5) is 27.7. The normalized spacial score (nSPS) is 12.0. The number of benzene rings is 2. The molecule has 0 aliphatic heterocycles. The summed E-state index contributed by atoms with van der Waals surface area (Å²) in [5.41, 5.74) is 0.888. The molecule has 0 aliphatic rings. The highest BCUT2D eigenvalue weighted by atomic mass is 32.2. The Hall–Kier alpha value is -2.45. The highest BCUT2D eigenvalue weighted by molar-refractivity contribution is 8.00. The number of nitrogens with one attached hydrogen (secondary N) is 1. The van der Waals surface area contributed by atoms with Gasteiger partial charge in [-0.05, 0) is 31.2 Å². The molecule has 2 aromatic carbocycles. The van der Waals surface area contributed by atoms with Gasteiger partial charge in [-0.2, -0.15) is 0 Å². The molecule has 6 nitrogen and oxygen atoms in total. The molecule has 0 spiro atoms. The molecular weight excluding hydrogens is 346 g/mol. The second kappa shape index (κ2) is 6.98. The SMILES string of the molecule is C[C@@H](Sc1ccc([N+](=O)[O-])cc1)C(=O)Nc1nc2ccccc2s1.